The van der Waals surface area contributed by atoms with Gasteiger partial charge >= 0.3 is 63.7 Å². The molecule has 0 aliphatic rings. The molecule has 0 unspecified atom stereocenters. The molecule has 0 fully saturated rings. The van der Waals surface area contributed by atoms with E-state index in [0.29, 0.717) is 0 Å². The SMILES string of the molecule is [F][In]/[CH]=C\[CH]=[In]. The Bertz CT molecular complexity index is 59.8. The molecule has 0 heterocycles. The molecule has 6 heavy (non-hydrogen) atoms. The molecule has 0 rings (SSSR count). The summed E-state index contributed by atoms with van der Waals surface area (Å²) >= 11 is -0.530. The maximum absolute atomic E-state index is 11.3. The minimum absolute atomic E-state index is 1.11. The summed E-state index contributed by atoms with van der Waals surface area (Å²) in [5, 5.41) is 0. The molecule has 0 saturated carbocycles. The average Bonchev–Trinajstić information content (AvgIpc) is 1.61. The van der Waals surface area contributed by atoms with Gasteiger partial charge in [-0.05, 0) is 0 Å². The van der Waals surface area contributed by atoms with Crippen LogP contribution in [-0.2, 0) is 0 Å². The minimum atomic E-state index is -1.64. The Morgan fingerprint density at radius 1 is 1.67 bits per heavy atom. The molecular formula is C3H3FIn2. The molecule has 0 aromatic heterocycles. The summed E-state index contributed by atoms with van der Waals surface area (Å²) in [6.45, 7) is 0. The first kappa shape index (κ1) is 7.28. The second-order valence-electron chi connectivity index (χ2n) is 0.703. The van der Waals surface area contributed by atoms with Crippen LogP contribution in [0.15, 0.2) is 9.91 Å². The van der Waals surface area contributed by atoms with E-state index in [-0.39, 0.29) is 0 Å². The van der Waals surface area contributed by atoms with E-state index in [1.807, 2.05) is 9.83 Å². The molecule has 3 heteroatoms. The summed E-state index contributed by atoms with van der Waals surface area (Å²) in [6, 6.07) is 0. The van der Waals surface area contributed by atoms with Crippen LogP contribution >= 0.6 is 0 Å². The molecule has 0 atom stereocenters. The van der Waals surface area contributed by atoms with Crippen molar-refractivity contribution in [2.24, 2.45) is 0 Å². The summed E-state index contributed by atoms with van der Waals surface area (Å²) in [5.74, 6) is 0. The van der Waals surface area contributed by atoms with Crippen LogP contribution in [0.5, 0.6) is 0 Å². The number of hydrogen-bond acceptors (Lipinski definition) is 0. The van der Waals surface area contributed by atoms with Crippen molar-refractivity contribution in [1.29, 1.82) is 0 Å². The van der Waals surface area contributed by atoms with Gasteiger partial charge in [-0.25, -0.2) is 0 Å². The Morgan fingerprint density at radius 3 is 2.50 bits per heavy atom. The number of halogens is 1. The quantitative estimate of drug-likeness (QED) is 0.674. The van der Waals surface area contributed by atoms with Gasteiger partial charge in [-0.3, -0.25) is 0 Å². The molecule has 0 aromatic rings. The van der Waals surface area contributed by atoms with Gasteiger partial charge in [-0.1, -0.05) is 0 Å². The zero-order valence-electron chi connectivity index (χ0n) is 3.26. The Kier molecular flexibility index (Phi) is 7.62. The first-order valence-corrected chi connectivity index (χ1v) is 6.60. The molecule has 0 amide bonds. The standard InChI is InChI=1S/C3H3.FH.2In/c1-3-2;;;/h1-3H;1H;;/q;;;+1/p-1. The molecule has 28 valence electrons. The van der Waals surface area contributed by atoms with Crippen LogP contribution < -0.4 is 0 Å². The van der Waals surface area contributed by atoms with E-state index in [1.54, 1.807) is 3.83 Å². The van der Waals surface area contributed by atoms with E-state index >= 15 is 0 Å². The predicted octanol–water partition coefficient (Wildman–Crippen LogP) is 0.0595. The Balaban J connectivity index is 2.94. The van der Waals surface area contributed by atoms with Crippen LogP contribution in [-0.4, -0.2) is 51.2 Å². The third kappa shape index (κ3) is 5.28. The van der Waals surface area contributed by atoms with Gasteiger partial charge in [0.15, 0.2) is 0 Å². The summed E-state index contributed by atoms with van der Waals surface area (Å²) in [7, 11) is 0. The second kappa shape index (κ2) is 6.28. The van der Waals surface area contributed by atoms with E-state index in [1.165, 1.54) is 0 Å². The molecule has 0 saturated heterocycles. The number of allylic oxidation sites excluding steroid dienone is 1. The van der Waals surface area contributed by atoms with Crippen molar-refractivity contribution in [2.75, 3.05) is 0 Å². The molecular weight excluding hydrogens is 285 g/mol. The summed E-state index contributed by atoms with van der Waals surface area (Å²) in [4.78, 5) is 0. The van der Waals surface area contributed by atoms with Crippen LogP contribution in [0.4, 0.5) is 2.66 Å². The molecule has 2 radical (unpaired) electrons. The fourth-order valence-corrected chi connectivity index (χ4v) is 3.17. The van der Waals surface area contributed by atoms with E-state index < -0.39 is 23.5 Å². The van der Waals surface area contributed by atoms with Gasteiger partial charge in [0, 0.05) is 0 Å². The van der Waals surface area contributed by atoms with Crippen LogP contribution in [0.2, 0.25) is 0 Å². The maximum atomic E-state index is 11.3. The van der Waals surface area contributed by atoms with Crippen molar-refractivity contribution in [3.05, 3.63) is 9.91 Å². The summed E-state index contributed by atoms with van der Waals surface area (Å²) in [6.07, 6.45) is 1.82. The molecule has 0 bridgehead atoms. The first-order valence-electron chi connectivity index (χ1n) is 1.55. The third-order valence-corrected chi connectivity index (χ3v) is 1.98. The van der Waals surface area contributed by atoms with Crippen LogP contribution in [0.25, 0.3) is 0 Å². The summed E-state index contributed by atoms with van der Waals surface area (Å²) in [5.41, 5.74) is 0. The topological polar surface area (TPSA) is 0 Å². The molecule has 0 aromatic carbocycles. The second-order valence-corrected chi connectivity index (χ2v) is 3.62. The van der Waals surface area contributed by atoms with E-state index in [2.05, 4.69) is 0 Å². The zero-order valence-corrected chi connectivity index (χ0v) is 9.86. The van der Waals surface area contributed by atoms with Crippen LogP contribution in [0.1, 0.15) is 0 Å². The fourth-order valence-electron chi connectivity index (χ4n) is 0.106. The van der Waals surface area contributed by atoms with Crippen molar-refractivity contribution in [3.63, 3.8) is 0 Å². The van der Waals surface area contributed by atoms with E-state index in [4.69, 9.17) is 0 Å². The van der Waals surface area contributed by atoms with Crippen molar-refractivity contribution in [3.8, 4) is 0 Å². The summed E-state index contributed by atoms with van der Waals surface area (Å²) < 4.78 is 14.9. The molecule has 0 aliphatic carbocycles. The van der Waals surface area contributed by atoms with Gasteiger partial charge in [0.2, 0.25) is 0 Å². The van der Waals surface area contributed by atoms with Gasteiger partial charge in [-0.2, -0.15) is 0 Å². The van der Waals surface area contributed by atoms with Gasteiger partial charge in [0.05, 0.1) is 0 Å². The Labute approximate surface area is 63.1 Å². The van der Waals surface area contributed by atoms with E-state index in [0.717, 1.165) is 23.9 Å². The van der Waals surface area contributed by atoms with Crippen molar-refractivity contribution >= 4 is 51.2 Å². The van der Waals surface area contributed by atoms with Crippen LogP contribution in [0.3, 0.4) is 0 Å². The predicted molar refractivity (Wildman–Crippen MR) is 27.8 cm³/mol. The molecule has 0 aliphatic heterocycles. The van der Waals surface area contributed by atoms with Crippen molar-refractivity contribution in [2.45, 2.75) is 0 Å². The molecule has 0 spiro atoms. The number of hydrogen-bond donors (Lipinski definition) is 0. The monoisotopic (exact) mass is 288 g/mol. The van der Waals surface area contributed by atoms with Crippen LogP contribution in [0, 0.1) is 0 Å². The first-order chi connectivity index (χ1) is 2.91. The average molecular weight is 288 g/mol. The number of rotatable bonds is 2. The van der Waals surface area contributed by atoms with Gasteiger partial charge in [-0.15, -0.1) is 0 Å². The fraction of sp³-hybridized carbons (Fsp3) is 0. The van der Waals surface area contributed by atoms with E-state index in [9.17, 15) is 2.66 Å². The van der Waals surface area contributed by atoms with Crippen molar-refractivity contribution < 1.29 is 2.66 Å². The molecule has 0 N–H and O–H groups in total. The Hall–Kier alpha value is 1.28. The van der Waals surface area contributed by atoms with Gasteiger partial charge < -0.3 is 0 Å². The Morgan fingerprint density at radius 2 is 2.33 bits per heavy atom. The van der Waals surface area contributed by atoms with Gasteiger partial charge in [0.25, 0.3) is 0 Å². The normalized spacial score (nSPS) is 8.67. The zero-order chi connectivity index (χ0) is 4.83. The van der Waals surface area contributed by atoms with Gasteiger partial charge in [0.1, 0.15) is 0 Å². The molecule has 0 nitrogen and oxygen atoms in total. The van der Waals surface area contributed by atoms with Crippen molar-refractivity contribution in [1.82, 2.24) is 0 Å². The third-order valence-electron chi connectivity index (χ3n) is 0.295.